The van der Waals surface area contributed by atoms with E-state index in [4.69, 9.17) is 18.6 Å². The summed E-state index contributed by atoms with van der Waals surface area (Å²) in [7, 11) is 3.16. The summed E-state index contributed by atoms with van der Waals surface area (Å²) in [6, 6.07) is 19.8. The molecule has 1 aromatic heterocycles. The highest BCUT2D eigenvalue weighted by atomic mass is 16.5. The third-order valence-electron chi connectivity index (χ3n) is 4.99. The van der Waals surface area contributed by atoms with Crippen LogP contribution in [0, 0.1) is 0 Å². The second kappa shape index (κ2) is 9.61. The van der Waals surface area contributed by atoms with Gasteiger partial charge in [-0.25, -0.2) is 4.98 Å². The number of hydrogen-bond acceptors (Lipinski definition) is 6. The van der Waals surface area contributed by atoms with Gasteiger partial charge in [0.05, 0.1) is 25.9 Å². The number of oxazole rings is 1. The Morgan fingerprint density at radius 2 is 1.67 bits per heavy atom. The minimum Gasteiger partial charge on any atom is -0.497 e. The largest absolute Gasteiger partial charge is 0.497 e. The number of para-hydroxylation sites is 2. The second-order valence-corrected chi connectivity index (χ2v) is 7.67. The Hall–Kier alpha value is -4.06. The Morgan fingerprint density at radius 1 is 0.939 bits per heavy atom. The fourth-order valence-corrected chi connectivity index (χ4v) is 3.43. The molecular formula is C27H25NO5. The third kappa shape index (κ3) is 4.90. The van der Waals surface area contributed by atoms with Crippen LogP contribution in [0.25, 0.3) is 22.7 Å². The van der Waals surface area contributed by atoms with Crippen LogP contribution >= 0.6 is 0 Å². The minimum atomic E-state index is -0.234. The number of allylic oxidation sites excluding steroid dienone is 1. The van der Waals surface area contributed by atoms with E-state index in [0.29, 0.717) is 45.0 Å². The summed E-state index contributed by atoms with van der Waals surface area (Å²) in [5.41, 5.74) is 2.73. The zero-order valence-corrected chi connectivity index (χ0v) is 19.0. The summed E-state index contributed by atoms with van der Waals surface area (Å²) in [4.78, 5) is 18.2. The molecule has 3 aromatic carbocycles. The molecule has 0 spiro atoms. The quantitative estimate of drug-likeness (QED) is 0.244. The molecule has 0 unspecified atom stereocenters. The molecule has 0 amide bonds. The SMILES string of the molecule is COc1ccc(OC)c(C=C(C(=O)c2ccc(OC(C)C)cc2)c2nc3ccccc3o2)c1. The third-order valence-corrected chi connectivity index (χ3v) is 4.99. The highest BCUT2D eigenvalue weighted by Gasteiger charge is 2.21. The summed E-state index contributed by atoms with van der Waals surface area (Å²) in [6.07, 6.45) is 1.76. The summed E-state index contributed by atoms with van der Waals surface area (Å²) in [6.45, 7) is 3.91. The number of methoxy groups -OCH3 is 2. The van der Waals surface area contributed by atoms with E-state index >= 15 is 0 Å². The maximum Gasteiger partial charge on any atom is 0.231 e. The molecule has 4 aromatic rings. The molecule has 1 heterocycles. The molecule has 0 fully saturated rings. The second-order valence-electron chi connectivity index (χ2n) is 7.67. The monoisotopic (exact) mass is 443 g/mol. The van der Waals surface area contributed by atoms with E-state index < -0.39 is 0 Å². The Bertz CT molecular complexity index is 1270. The van der Waals surface area contributed by atoms with E-state index in [1.54, 1.807) is 62.8 Å². The lowest BCUT2D eigenvalue weighted by Crippen LogP contribution is -2.07. The van der Waals surface area contributed by atoms with Crippen LogP contribution in [0.3, 0.4) is 0 Å². The molecule has 0 saturated heterocycles. The van der Waals surface area contributed by atoms with Crippen molar-refractivity contribution in [3.8, 4) is 17.2 Å². The van der Waals surface area contributed by atoms with Crippen LogP contribution in [0.1, 0.15) is 35.7 Å². The van der Waals surface area contributed by atoms with Gasteiger partial charge in [-0.05, 0) is 74.5 Å². The van der Waals surface area contributed by atoms with Gasteiger partial charge in [0.15, 0.2) is 11.4 Å². The Balaban J connectivity index is 1.83. The van der Waals surface area contributed by atoms with Crippen LogP contribution in [-0.4, -0.2) is 31.1 Å². The molecule has 0 radical (unpaired) electrons. The molecule has 0 aliphatic carbocycles. The molecule has 0 saturated carbocycles. The van der Waals surface area contributed by atoms with Crippen LogP contribution in [0.4, 0.5) is 0 Å². The lowest BCUT2D eigenvalue weighted by atomic mass is 10.00. The van der Waals surface area contributed by atoms with Gasteiger partial charge in [0.25, 0.3) is 0 Å². The van der Waals surface area contributed by atoms with Crippen molar-refractivity contribution in [1.82, 2.24) is 4.98 Å². The topological polar surface area (TPSA) is 70.8 Å². The number of rotatable bonds is 8. The molecule has 0 aliphatic rings. The predicted octanol–water partition coefficient (Wildman–Crippen LogP) is 6.06. The van der Waals surface area contributed by atoms with Gasteiger partial charge in [-0.1, -0.05) is 12.1 Å². The fourth-order valence-electron chi connectivity index (χ4n) is 3.43. The number of benzene rings is 3. The van der Waals surface area contributed by atoms with Crippen LogP contribution in [0.15, 0.2) is 71.1 Å². The number of nitrogens with zero attached hydrogens (tertiary/aromatic N) is 1. The normalized spacial score (nSPS) is 11.6. The number of ether oxygens (including phenoxy) is 3. The van der Waals surface area contributed by atoms with Crippen molar-refractivity contribution in [1.29, 1.82) is 0 Å². The van der Waals surface area contributed by atoms with E-state index in [2.05, 4.69) is 4.98 Å². The van der Waals surface area contributed by atoms with E-state index in [-0.39, 0.29) is 17.8 Å². The lowest BCUT2D eigenvalue weighted by Gasteiger charge is -2.11. The summed E-state index contributed by atoms with van der Waals surface area (Å²) >= 11 is 0. The molecule has 6 nitrogen and oxygen atoms in total. The first-order valence-electron chi connectivity index (χ1n) is 10.6. The zero-order chi connectivity index (χ0) is 23.4. The van der Waals surface area contributed by atoms with Gasteiger partial charge in [0, 0.05) is 11.1 Å². The van der Waals surface area contributed by atoms with Crippen molar-refractivity contribution in [3.63, 3.8) is 0 Å². The van der Waals surface area contributed by atoms with E-state index in [1.807, 2.05) is 38.1 Å². The first-order valence-corrected chi connectivity index (χ1v) is 10.6. The van der Waals surface area contributed by atoms with Gasteiger partial charge in [-0.15, -0.1) is 0 Å². The van der Waals surface area contributed by atoms with Crippen molar-refractivity contribution in [2.45, 2.75) is 20.0 Å². The van der Waals surface area contributed by atoms with Crippen molar-refractivity contribution in [2.24, 2.45) is 0 Å². The Morgan fingerprint density at radius 3 is 2.33 bits per heavy atom. The van der Waals surface area contributed by atoms with Crippen LogP contribution in [0.2, 0.25) is 0 Å². The Labute approximate surface area is 192 Å². The number of Topliss-reactive ketones (excluding diaryl/α,β-unsaturated/α-hetero) is 1. The van der Waals surface area contributed by atoms with Crippen LogP contribution in [0.5, 0.6) is 17.2 Å². The number of aromatic nitrogens is 1. The van der Waals surface area contributed by atoms with Gasteiger partial charge in [-0.2, -0.15) is 0 Å². The average Bonchev–Trinajstić information content (AvgIpc) is 3.26. The first-order chi connectivity index (χ1) is 16.0. The fraction of sp³-hybridized carbons (Fsp3) is 0.185. The number of hydrogen-bond donors (Lipinski definition) is 0. The van der Waals surface area contributed by atoms with Crippen LogP contribution in [-0.2, 0) is 0 Å². The molecular weight excluding hydrogens is 418 g/mol. The zero-order valence-electron chi connectivity index (χ0n) is 19.0. The van der Waals surface area contributed by atoms with Crippen molar-refractivity contribution >= 4 is 28.5 Å². The van der Waals surface area contributed by atoms with E-state index in [0.717, 1.165) is 0 Å². The maximum absolute atomic E-state index is 13.6. The number of ketones is 1. The number of carbonyl (C=O) groups excluding carboxylic acids is 1. The molecule has 0 N–H and O–H groups in total. The van der Waals surface area contributed by atoms with Crippen molar-refractivity contribution in [3.05, 3.63) is 83.7 Å². The van der Waals surface area contributed by atoms with Crippen LogP contribution < -0.4 is 14.2 Å². The number of fused-ring (bicyclic) bond motifs is 1. The van der Waals surface area contributed by atoms with E-state index in [1.165, 1.54) is 0 Å². The molecule has 0 aliphatic heterocycles. The van der Waals surface area contributed by atoms with E-state index in [9.17, 15) is 4.79 Å². The standard InChI is InChI=1S/C27H25NO5/c1-17(2)32-20-11-9-18(10-12-20)26(29)22(27-28-23-7-5-6-8-25(23)33-27)16-19-15-21(30-3)13-14-24(19)31-4/h5-17H,1-4H3. The van der Waals surface area contributed by atoms with Gasteiger partial charge in [0.2, 0.25) is 5.89 Å². The smallest absolute Gasteiger partial charge is 0.231 e. The highest BCUT2D eigenvalue weighted by Crippen LogP contribution is 2.31. The van der Waals surface area contributed by atoms with Crippen molar-refractivity contribution in [2.75, 3.05) is 14.2 Å². The molecule has 6 heteroatoms. The predicted molar refractivity (Wildman–Crippen MR) is 128 cm³/mol. The van der Waals surface area contributed by atoms with Gasteiger partial charge < -0.3 is 18.6 Å². The highest BCUT2D eigenvalue weighted by molar-refractivity contribution is 6.31. The van der Waals surface area contributed by atoms with Gasteiger partial charge in [0.1, 0.15) is 22.8 Å². The first kappa shape index (κ1) is 22.1. The Kier molecular flexibility index (Phi) is 6.45. The average molecular weight is 443 g/mol. The summed E-state index contributed by atoms with van der Waals surface area (Å²) < 4.78 is 22.5. The van der Waals surface area contributed by atoms with Gasteiger partial charge >= 0.3 is 0 Å². The molecule has 0 bridgehead atoms. The number of carbonyl (C=O) groups is 1. The maximum atomic E-state index is 13.6. The minimum absolute atomic E-state index is 0.0438. The summed E-state index contributed by atoms with van der Waals surface area (Å²) in [5.74, 6) is 1.93. The summed E-state index contributed by atoms with van der Waals surface area (Å²) in [5, 5.41) is 0. The molecule has 0 atom stereocenters. The van der Waals surface area contributed by atoms with Crippen molar-refractivity contribution < 1.29 is 23.4 Å². The van der Waals surface area contributed by atoms with Gasteiger partial charge in [-0.3, -0.25) is 4.79 Å². The molecule has 33 heavy (non-hydrogen) atoms. The molecule has 4 rings (SSSR count). The molecule has 168 valence electrons. The lowest BCUT2D eigenvalue weighted by molar-refractivity contribution is 0.105.